The van der Waals surface area contributed by atoms with Crippen LogP contribution in [0.1, 0.15) is 26.3 Å². The molecule has 0 unspecified atom stereocenters. The van der Waals surface area contributed by atoms with Gasteiger partial charge in [0.05, 0.1) is 11.5 Å². The number of nitrogens with zero attached hydrogens (tertiary/aromatic N) is 1. The van der Waals surface area contributed by atoms with Crippen LogP contribution in [0.2, 0.25) is 0 Å². The largest absolute Gasteiger partial charge is 0.381 e. The molecule has 0 N–H and O–H groups in total. The molecule has 0 fully saturated rings. The maximum atomic E-state index is 11.0. The summed E-state index contributed by atoms with van der Waals surface area (Å²) in [5.41, 5.74) is 0.436. The first-order chi connectivity index (χ1) is 7.88. The highest BCUT2D eigenvalue weighted by Gasteiger charge is 2.29. The molecule has 0 saturated carbocycles. The predicted octanol–water partition coefficient (Wildman–Crippen LogP) is 3.67. The first kappa shape index (κ1) is 14.1. The minimum Gasteiger partial charge on any atom is -0.381 e. The van der Waals surface area contributed by atoms with Crippen LogP contribution in [0.15, 0.2) is 22.7 Å². The fourth-order valence-electron chi connectivity index (χ4n) is 1.64. The van der Waals surface area contributed by atoms with E-state index in [2.05, 4.69) is 15.9 Å². The zero-order valence-electron chi connectivity index (χ0n) is 10.2. The van der Waals surface area contributed by atoms with Gasteiger partial charge in [0, 0.05) is 28.1 Å². The molecule has 0 spiro atoms. The lowest BCUT2D eigenvalue weighted by Gasteiger charge is -2.24. The lowest BCUT2D eigenvalue weighted by molar-refractivity contribution is -0.386. The van der Waals surface area contributed by atoms with Gasteiger partial charge in [-0.3, -0.25) is 10.1 Å². The SMILES string of the molecule is CCOCC(C)(C)c1cc(Br)ccc1[N+](=O)[O-]. The zero-order valence-corrected chi connectivity index (χ0v) is 11.8. The highest BCUT2D eigenvalue weighted by atomic mass is 79.9. The Bertz CT molecular complexity index is 418. The first-order valence-electron chi connectivity index (χ1n) is 5.40. The van der Waals surface area contributed by atoms with Gasteiger partial charge in [0.1, 0.15) is 0 Å². The van der Waals surface area contributed by atoms with Crippen LogP contribution in [0, 0.1) is 10.1 Å². The molecule has 0 aromatic heterocycles. The van der Waals surface area contributed by atoms with Crippen LogP contribution in [-0.4, -0.2) is 18.1 Å². The van der Waals surface area contributed by atoms with Crippen molar-refractivity contribution in [1.82, 2.24) is 0 Å². The van der Waals surface area contributed by atoms with Crippen LogP contribution in [-0.2, 0) is 10.2 Å². The van der Waals surface area contributed by atoms with Crippen LogP contribution in [0.5, 0.6) is 0 Å². The van der Waals surface area contributed by atoms with Crippen LogP contribution in [0.4, 0.5) is 5.69 Å². The van der Waals surface area contributed by atoms with E-state index in [1.54, 1.807) is 12.1 Å². The molecule has 0 heterocycles. The molecule has 0 bridgehead atoms. The molecule has 17 heavy (non-hydrogen) atoms. The maximum Gasteiger partial charge on any atom is 0.273 e. The number of nitro benzene ring substituents is 1. The molecule has 0 aliphatic heterocycles. The van der Waals surface area contributed by atoms with Gasteiger partial charge < -0.3 is 4.74 Å². The Morgan fingerprint density at radius 3 is 2.65 bits per heavy atom. The zero-order chi connectivity index (χ0) is 13.1. The van der Waals surface area contributed by atoms with Crippen LogP contribution < -0.4 is 0 Å². The summed E-state index contributed by atoms with van der Waals surface area (Å²) in [6, 6.07) is 4.99. The molecule has 0 atom stereocenters. The van der Waals surface area contributed by atoms with E-state index in [0.29, 0.717) is 18.8 Å². The standard InChI is InChI=1S/C12H16BrNO3/c1-4-17-8-12(2,3)10-7-9(13)5-6-11(10)14(15)16/h5-7H,4,8H2,1-3H3. The average molecular weight is 302 g/mol. The average Bonchev–Trinajstić information content (AvgIpc) is 2.26. The van der Waals surface area contributed by atoms with E-state index in [-0.39, 0.29) is 16.0 Å². The number of halogens is 1. The second-order valence-electron chi connectivity index (χ2n) is 4.44. The van der Waals surface area contributed by atoms with E-state index in [4.69, 9.17) is 4.74 Å². The molecule has 0 aliphatic carbocycles. The van der Waals surface area contributed by atoms with Gasteiger partial charge in [-0.15, -0.1) is 0 Å². The number of ether oxygens (including phenoxy) is 1. The second kappa shape index (κ2) is 5.60. The maximum absolute atomic E-state index is 11.0. The summed E-state index contributed by atoms with van der Waals surface area (Å²) in [4.78, 5) is 10.7. The van der Waals surface area contributed by atoms with E-state index >= 15 is 0 Å². The van der Waals surface area contributed by atoms with Crippen molar-refractivity contribution in [3.63, 3.8) is 0 Å². The second-order valence-corrected chi connectivity index (χ2v) is 5.36. The number of hydrogen-bond donors (Lipinski definition) is 0. The van der Waals surface area contributed by atoms with E-state index in [0.717, 1.165) is 4.47 Å². The molecule has 1 aromatic rings. The van der Waals surface area contributed by atoms with Crippen molar-refractivity contribution < 1.29 is 9.66 Å². The number of benzene rings is 1. The smallest absolute Gasteiger partial charge is 0.273 e. The van der Waals surface area contributed by atoms with Gasteiger partial charge in [-0.1, -0.05) is 29.8 Å². The Labute approximate surface area is 109 Å². The summed E-state index contributed by atoms with van der Waals surface area (Å²) in [5, 5.41) is 11.0. The highest BCUT2D eigenvalue weighted by Crippen LogP contribution is 2.33. The quantitative estimate of drug-likeness (QED) is 0.616. The van der Waals surface area contributed by atoms with Crippen LogP contribution in [0.25, 0.3) is 0 Å². The first-order valence-corrected chi connectivity index (χ1v) is 6.20. The lowest BCUT2D eigenvalue weighted by Crippen LogP contribution is -2.25. The van der Waals surface area contributed by atoms with Crippen molar-refractivity contribution in [3.8, 4) is 0 Å². The number of nitro groups is 1. The van der Waals surface area contributed by atoms with Crippen molar-refractivity contribution in [1.29, 1.82) is 0 Å². The molecular weight excluding hydrogens is 286 g/mol. The van der Waals surface area contributed by atoms with Crippen molar-refractivity contribution in [2.45, 2.75) is 26.2 Å². The number of hydrogen-bond acceptors (Lipinski definition) is 3. The van der Waals surface area contributed by atoms with E-state index < -0.39 is 0 Å². The highest BCUT2D eigenvalue weighted by molar-refractivity contribution is 9.10. The molecule has 0 saturated heterocycles. The van der Waals surface area contributed by atoms with Gasteiger partial charge in [-0.2, -0.15) is 0 Å². The summed E-state index contributed by atoms with van der Waals surface area (Å²) in [6.45, 7) is 6.85. The van der Waals surface area contributed by atoms with E-state index in [9.17, 15) is 10.1 Å². The van der Waals surface area contributed by atoms with Gasteiger partial charge >= 0.3 is 0 Å². The topological polar surface area (TPSA) is 52.4 Å². The van der Waals surface area contributed by atoms with E-state index in [1.807, 2.05) is 20.8 Å². The van der Waals surface area contributed by atoms with Crippen molar-refractivity contribution in [2.75, 3.05) is 13.2 Å². The summed E-state index contributed by atoms with van der Waals surface area (Å²) >= 11 is 3.34. The molecule has 4 nitrogen and oxygen atoms in total. The third kappa shape index (κ3) is 3.51. The molecule has 1 aromatic carbocycles. The Balaban J connectivity index is 3.17. The van der Waals surface area contributed by atoms with Gasteiger partial charge in [-0.05, 0) is 19.1 Å². The van der Waals surface area contributed by atoms with Crippen molar-refractivity contribution >= 4 is 21.6 Å². The minimum absolute atomic E-state index is 0.137. The summed E-state index contributed by atoms with van der Waals surface area (Å²) in [5.74, 6) is 0. The monoisotopic (exact) mass is 301 g/mol. The van der Waals surface area contributed by atoms with Gasteiger partial charge in [0.15, 0.2) is 0 Å². The van der Waals surface area contributed by atoms with Crippen molar-refractivity contribution in [2.24, 2.45) is 0 Å². The minimum atomic E-state index is -0.387. The Morgan fingerprint density at radius 2 is 2.12 bits per heavy atom. The van der Waals surface area contributed by atoms with Crippen LogP contribution >= 0.6 is 15.9 Å². The summed E-state index contributed by atoms with van der Waals surface area (Å²) in [6.07, 6.45) is 0. The Morgan fingerprint density at radius 1 is 1.47 bits per heavy atom. The normalized spacial score (nSPS) is 11.5. The molecule has 5 heteroatoms. The van der Waals surface area contributed by atoms with Crippen molar-refractivity contribution in [3.05, 3.63) is 38.3 Å². The Hall–Kier alpha value is -0.940. The van der Waals surface area contributed by atoms with E-state index in [1.165, 1.54) is 6.07 Å². The lowest BCUT2D eigenvalue weighted by atomic mass is 9.84. The fraction of sp³-hybridized carbons (Fsp3) is 0.500. The molecule has 1 rings (SSSR count). The molecule has 94 valence electrons. The van der Waals surface area contributed by atoms with Crippen LogP contribution in [0.3, 0.4) is 0 Å². The van der Waals surface area contributed by atoms with Gasteiger partial charge in [-0.25, -0.2) is 0 Å². The third-order valence-corrected chi connectivity index (χ3v) is 3.04. The Kier molecular flexibility index (Phi) is 4.65. The summed E-state index contributed by atoms with van der Waals surface area (Å²) in [7, 11) is 0. The molecule has 0 aliphatic rings. The summed E-state index contributed by atoms with van der Waals surface area (Å²) < 4.78 is 6.23. The molecular formula is C12H16BrNO3. The fourth-order valence-corrected chi connectivity index (χ4v) is 2.01. The molecule has 0 amide bonds. The number of rotatable bonds is 5. The predicted molar refractivity (Wildman–Crippen MR) is 70.3 cm³/mol. The van der Waals surface area contributed by atoms with Gasteiger partial charge in [0.25, 0.3) is 5.69 Å². The van der Waals surface area contributed by atoms with Gasteiger partial charge in [0.2, 0.25) is 0 Å². The third-order valence-electron chi connectivity index (χ3n) is 2.55. The molecule has 0 radical (unpaired) electrons.